The Morgan fingerprint density at radius 1 is 1.29 bits per heavy atom. The van der Waals surface area contributed by atoms with Crippen molar-refractivity contribution in [1.82, 2.24) is 0 Å². The molecule has 1 aliphatic heterocycles. The van der Waals surface area contributed by atoms with E-state index in [2.05, 4.69) is 30.0 Å². The van der Waals surface area contributed by atoms with Crippen LogP contribution >= 0.6 is 0 Å². The Labute approximate surface area is 103 Å². The van der Waals surface area contributed by atoms with Crippen LogP contribution in [0.2, 0.25) is 0 Å². The molecule has 2 aliphatic rings. The number of rotatable bonds is 1. The Bertz CT molecular complexity index is 450. The minimum atomic E-state index is 0.195. The Kier molecular flexibility index (Phi) is 2.46. The molecule has 1 aromatic carbocycles. The molecule has 1 heterocycles. The standard InChI is InChI=1S/C15H19NO/c1-10-9-13-5-3-4-6-14(13)16(11(2)17)15(10)12-7-8-12/h3-6,10,12,15H,7-9H2,1-2H3/t10-,15+/m0/s1. The van der Waals surface area contributed by atoms with Crippen molar-refractivity contribution in [2.45, 2.75) is 39.2 Å². The SMILES string of the molecule is CC(=O)N1c2ccccc2C[C@H](C)[C@@H]1C1CC1. The van der Waals surface area contributed by atoms with Gasteiger partial charge in [-0.2, -0.15) is 0 Å². The number of para-hydroxylation sites is 1. The van der Waals surface area contributed by atoms with Gasteiger partial charge in [-0.1, -0.05) is 25.1 Å². The Hall–Kier alpha value is -1.31. The van der Waals surface area contributed by atoms with E-state index in [1.54, 1.807) is 6.92 Å². The lowest BCUT2D eigenvalue weighted by molar-refractivity contribution is -0.117. The largest absolute Gasteiger partial charge is 0.309 e. The molecule has 3 rings (SSSR count). The second-order valence-corrected chi connectivity index (χ2v) is 5.53. The number of hydrogen-bond donors (Lipinski definition) is 0. The second-order valence-electron chi connectivity index (χ2n) is 5.53. The summed E-state index contributed by atoms with van der Waals surface area (Å²) in [6, 6.07) is 8.79. The summed E-state index contributed by atoms with van der Waals surface area (Å²) >= 11 is 0. The predicted molar refractivity (Wildman–Crippen MR) is 69.0 cm³/mol. The van der Waals surface area contributed by atoms with Crippen molar-refractivity contribution in [3.63, 3.8) is 0 Å². The highest BCUT2D eigenvalue weighted by Gasteiger charge is 2.43. The topological polar surface area (TPSA) is 20.3 Å². The van der Waals surface area contributed by atoms with Crippen LogP contribution in [0.5, 0.6) is 0 Å². The summed E-state index contributed by atoms with van der Waals surface area (Å²) in [7, 11) is 0. The van der Waals surface area contributed by atoms with Crippen molar-refractivity contribution in [2.24, 2.45) is 11.8 Å². The van der Waals surface area contributed by atoms with E-state index < -0.39 is 0 Å². The average Bonchev–Trinajstić information content (AvgIpc) is 3.10. The number of fused-ring (bicyclic) bond motifs is 1. The molecule has 0 N–H and O–H groups in total. The number of carbonyl (C=O) groups excluding carboxylic acids is 1. The smallest absolute Gasteiger partial charge is 0.224 e. The first-order chi connectivity index (χ1) is 8.18. The zero-order chi connectivity index (χ0) is 12.0. The molecule has 1 aliphatic carbocycles. The molecule has 0 bridgehead atoms. The molecule has 1 fully saturated rings. The molecule has 2 heteroatoms. The zero-order valence-corrected chi connectivity index (χ0v) is 10.5. The maximum atomic E-state index is 12.0. The van der Waals surface area contributed by atoms with Gasteiger partial charge in [0.05, 0.1) is 0 Å². The predicted octanol–water partition coefficient (Wildman–Crippen LogP) is 3.01. The monoisotopic (exact) mass is 229 g/mol. The van der Waals surface area contributed by atoms with Gasteiger partial charge in [-0.3, -0.25) is 4.79 Å². The quantitative estimate of drug-likeness (QED) is 0.725. The van der Waals surface area contributed by atoms with Crippen molar-refractivity contribution in [1.29, 1.82) is 0 Å². The summed E-state index contributed by atoms with van der Waals surface area (Å²) in [6.07, 6.45) is 3.70. The Morgan fingerprint density at radius 3 is 2.65 bits per heavy atom. The third kappa shape index (κ3) is 1.76. The maximum Gasteiger partial charge on any atom is 0.224 e. The van der Waals surface area contributed by atoms with Gasteiger partial charge in [0.1, 0.15) is 0 Å². The van der Waals surface area contributed by atoms with E-state index in [1.807, 2.05) is 6.07 Å². The fourth-order valence-corrected chi connectivity index (χ4v) is 3.29. The maximum absolute atomic E-state index is 12.0. The molecular weight excluding hydrogens is 210 g/mol. The molecule has 1 amide bonds. The molecule has 0 radical (unpaired) electrons. The minimum absolute atomic E-state index is 0.195. The molecule has 90 valence electrons. The van der Waals surface area contributed by atoms with Crippen molar-refractivity contribution in [2.75, 3.05) is 4.90 Å². The van der Waals surface area contributed by atoms with Crippen molar-refractivity contribution < 1.29 is 4.79 Å². The van der Waals surface area contributed by atoms with Gasteiger partial charge >= 0.3 is 0 Å². The number of benzene rings is 1. The van der Waals surface area contributed by atoms with E-state index in [1.165, 1.54) is 18.4 Å². The van der Waals surface area contributed by atoms with E-state index in [0.717, 1.165) is 18.0 Å². The Morgan fingerprint density at radius 2 is 2.00 bits per heavy atom. The number of carbonyl (C=O) groups is 1. The molecule has 1 saturated carbocycles. The zero-order valence-electron chi connectivity index (χ0n) is 10.5. The number of anilines is 1. The number of amides is 1. The van der Waals surface area contributed by atoms with Crippen molar-refractivity contribution in [3.8, 4) is 0 Å². The molecule has 0 saturated heterocycles. The average molecular weight is 229 g/mol. The molecule has 2 nitrogen and oxygen atoms in total. The fraction of sp³-hybridized carbons (Fsp3) is 0.533. The van der Waals surface area contributed by atoms with E-state index in [9.17, 15) is 4.79 Å². The molecule has 2 atom stereocenters. The van der Waals surface area contributed by atoms with Crippen LogP contribution in [0.1, 0.15) is 32.3 Å². The summed E-state index contributed by atoms with van der Waals surface area (Å²) in [5.74, 6) is 1.52. The molecule has 0 aromatic heterocycles. The van der Waals surface area contributed by atoms with Gasteiger partial charge in [0.2, 0.25) is 5.91 Å². The third-order valence-electron chi connectivity index (χ3n) is 4.12. The second kappa shape index (κ2) is 3.86. The number of nitrogens with zero attached hydrogens (tertiary/aromatic N) is 1. The normalized spacial score (nSPS) is 27.8. The van der Waals surface area contributed by atoms with Crippen LogP contribution in [0.15, 0.2) is 24.3 Å². The van der Waals surface area contributed by atoms with Gasteiger partial charge < -0.3 is 4.90 Å². The van der Waals surface area contributed by atoms with Crippen LogP contribution in [-0.4, -0.2) is 11.9 Å². The molecule has 0 spiro atoms. The highest BCUT2D eigenvalue weighted by Crippen LogP contribution is 2.45. The van der Waals surface area contributed by atoms with E-state index >= 15 is 0 Å². The van der Waals surface area contributed by atoms with Gasteiger partial charge in [-0.25, -0.2) is 0 Å². The summed E-state index contributed by atoms with van der Waals surface area (Å²) in [6.45, 7) is 3.99. The minimum Gasteiger partial charge on any atom is -0.309 e. The lowest BCUT2D eigenvalue weighted by Crippen LogP contribution is -2.48. The van der Waals surface area contributed by atoms with Gasteiger partial charge in [0, 0.05) is 18.7 Å². The van der Waals surface area contributed by atoms with Gasteiger partial charge in [0.25, 0.3) is 0 Å². The number of hydrogen-bond acceptors (Lipinski definition) is 1. The molecule has 1 aromatic rings. The third-order valence-corrected chi connectivity index (χ3v) is 4.12. The first kappa shape index (κ1) is 10.8. The highest BCUT2D eigenvalue weighted by molar-refractivity contribution is 5.93. The van der Waals surface area contributed by atoms with Crippen LogP contribution in [0.4, 0.5) is 5.69 Å². The van der Waals surface area contributed by atoms with Gasteiger partial charge in [-0.15, -0.1) is 0 Å². The van der Waals surface area contributed by atoms with Crippen LogP contribution in [0, 0.1) is 11.8 Å². The summed E-state index contributed by atoms with van der Waals surface area (Å²) in [5, 5.41) is 0. The first-order valence-electron chi connectivity index (χ1n) is 6.56. The first-order valence-corrected chi connectivity index (χ1v) is 6.56. The summed E-state index contributed by atoms with van der Waals surface area (Å²) < 4.78 is 0. The van der Waals surface area contributed by atoms with Gasteiger partial charge in [-0.05, 0) is 42.7 Å². The van der Waals surface area contributed by atoms with Crippen LogP contribution in [-0.2, 0) is 11.2 Å². The Balaban J connectivity index is 2.06. The van der Waals surface area contributed by atoms with E-state index in [4.69, 9.17) is 0 Å². The lowest BCUT2D eigenvalue weighted by atomic mass is 9.84. The fourth-order valence-electron chi connectivity index (χ4n) is 3.29. The van der Waals surface area contributed by atoms with Crippen molar-refractivity contribution >= 4 is 11.6 Å². The van der Waals surface area contributed by atoms with E-state index in [0.29, 0.717) is 12.0 Å². The summed E-state index contributed by atoms with van der Waals surface area (Å²) in [4.78, 5) is 14.0. The highest BCUT2D eigenvalue weighted by atomic mass is 16.2. The van der Waals surface area contributed by atoms with E-state index in [-0.39, 0.29) is 5.91 Å². The molecule has 17 heavy (non-hydrogen) atoms. The molecular formula is C15H19NO. The van der Waals surface area contributed by atoms with Crippen molar-refractivity contribution in [3.05, 3.63) is 29.8 Å². The molecule has 0 unspecified atom stereocenters. The van der Waals surface area contributed by atoms with Crippen LogP contribution in [0.25, 0.3) is 0 Å². The van der Waals surface area contributed by atoms with Gasteiger partial charge in [0.15, 0.2) is 0 Å². The lowest BCUT2D eigenvalue weighted by Gasteiger charge is -2.41. The van der Waals surface area contributed by atoms with Crippen LogP contribution < -0.4 is 4.90 Å². The summed E-state index contributed by atoms with van der Waals surface area (Å²) in [5.41, 5.74) is 2.47. The van der Waals surface area contributed by atoms with Crippen LogP contribution in [0.3, 0.4) is 0 Å².